The van der Waals surface area contributed by atoms with Gasteiger partial charge in [0.2, 0.25) is 5.91 Å². The summed E-state index contributed by atoms with van der Waals surface area (Å²) in [6.07, 6.45) is 2.45. The highest BCUT2D eigenvalue weighted by atomic mass is 35.5. The van der Waals surface area contributed by atoms with E-state index in [9.17, 15) is 4.79 Å². The van der Waals surface area contributed by atoms with Crippen LogP contribution in [0, 0.1) is 0 Å². The fourth-order valence-corrected chi connectivity index (χ4v) is 2.65. The third kappa shape index (κ3) is 5.85. The summed E-state index contributed by atoms with van der Waals surface area (Å²) in [4.78, 5) is 15.1. The summed E-state index contributed by atoms with van der Waals surface area (Å²) in [5.74, 6) is 0.643. The van der Waals surface area contributed by atoms with Crippen molar-refractivity contribution in [1.29, 1.82) is 0 Å². The fraction of sp³-hybridized carbons (Fsp3) is 0.615. The van der Waals surface area contributed by atoms with Crippen molar-refractivity contribution >= 4 is 28.8 Å². The molecule has 5 heteroatoms. The predicted octanol–water partition coefficient (Wildman–Crippen LogP) is 2.78. The van der Waals surface area contributed by atoms with Crippen molar-refractivity contribution in [2.45, 2.75) is 19.3 Å². The number of nitrogens with zero attached hydrogens (tertiary/aromatic N) is 1. The van der Waals surface area contributed by atoms with E-state index >= 15 is 0 Å². The lowest BCUT2D eigenvalue weighted by atomic mass is 10.2. The molecule has 0 aromatic carbocycles. The summed E-state index contributed by atoms with van der Waals surface area (Å²) in [5, 5.41) is 2.07. The Bertz CT molecular complexity index is 330. The second-order valence-corrected chi connectivity index (χ2v) is 5.41. The van der Waals surface area contributed by atoms with Crippen molar-refractivity contribution in [3.8, 4) is 0 Å². The Kier molecular flexibility index (Phi) is 8.05. The van der Waals surface area contributed by atoms with Crippen molar-refractivity contribution in [2.24, 2.45) is 0 Å². The lowest BCUT2D eigenvalue weighted by molar-refractivity contribution is -0.131. The number of thiophene rings is 1. The van der Waals surface area contributed by atoms with E-state index in [0.717, 1.165) is 12.8 Å². The monoisotopic (exact) mass is 289 g/mol. The van der Waals surface area contributed by atoms with Gasteiger partial charge in [0.05, 0.1) is 6.61 Å². The molecule has 1 rings (SSSR count). The molecule has 102 valence electrons. The van der Waals surface area contributed by atoms with E-state index in [2.05, 4.69) is 11.4 Å². The molecular formula is C13H20ClNO2S. The lowest BCUT2D eigenvalue weighted by Crippen LogP contribution is -2.35. The van der Waals surface area contributed by atoms with Crippen LogP contribution < -0.4 is 0 Å². The van der Waals surface area contributed by atoms with E-state index in [-0.39, 0.29) is 5.91 Å². The number of hydrogen-bond donors (Lipinski definition) is 0. The largest absolute Gasteiger partial charge is 0.383 e. The molecule has 0 saturated carbocycles. The third-order valence-corrected chi connectivity index (χ3v) is 3.77. The quantitative estimate of drug-likeness (QED) is 0.654. The van der Waals surface area contributed by atoms with Crippen molar-refractivity contribution in [3.63, 3.8) is 0 Å². The summed E-state index contributed by atoms with van der Waals surface area (Å²) in [6, 6.07) is 4.15. The Morgan fingerprint density at radius 1 is 1.50 bits per heavy atom. The van der Waals surface area contributed by atoms with E-state index < -0.39 is 0 Å². The van der Waals surface area contributed by atoms with Gasteiger partial charge in [0.15, 0.2) is 0 Å². The zero-order chi connectivity index (χ0) is 13.2. The zero-order valence-corrected chi connectivity index (χ0v) is 12.3. The molecule has 0 N–H and O–H groups in total. The molecule has 0 bridgehead atoms. The number of methoxy groups -OCH3 is 1. The molecule has 0 spiro atoms. The first kappa shape index (κ1) is 15.5. The van der Waals surface area contributed by atoms with Crippen LogP contribution in [0.5, 0.6) is 0 Å². The Morgan fingerprint density at radius 2 is 2.33 bits per heavy atom. The molecule has 1 aromatic heterocycles. The number of carbonyl (C=O) groups excluding carboxylic acids is 1. The standard InChI is InChI=1S/C13H20ClNO2S/c1-17-10-9-15(8-7-14)13(16)6-2-4-12-5-3-11-18-12/h3,5,11H,2,4,6-10H2,1H3. The molecule has 0 radical (unpaired) electrons. The third-order valence-electron chi connectivity index (χ3n) is 2.67. The Balaban J connectivity index is 2.27. The van der Waals surface area contributed by atoms with Gasteiger partial charge in [0.25, 0.3) is 0 Å². The minimum absolute atomic E-state index is 0.171. The van der Waals surface area contributed by atoms with E-state index in [1.807, 2.05) is 6.07 Å². The van der Waals surface area contributed by atoms with Crippen molar-refractivity contribution in [1.82, 2.24) is 4.90 Å². The number of carbonyl (C=O) groups is 1. The SMILES string of the molecule is COCCN(CCCl)C(=O)CCCc1cccs1. The Morgan fingerprint density at radius 3 is 2.94 bits per heavy atom. The van der Waals surface area contributed by atoms with Crippen LogP contribution in [0.3, 0.4) is 0 Å². The van der Waals surface area contributed by atoms with Crippen LogP contribution in [0.25, 0.3) is 0 Å². The highest BCUT2D eigenvalue weighted by molar-refractivity contribution is 7.09. The number of hydrogen-bond acceptors (Lipinski definition) is 3. The molecule has 0 aliphatic rings. The molecule has 0 fully saturated rings. The van der Waals surface area contributed by atoms with Crippen LogP contribution in [0.1, 0.15) is 17.7 Å². The number of ether oxygens (including phenoxy) is 1. The molecule has 1 amide bonds. The van der Waals surface area contributed by atoms with Crippen LogP contribution >= 0.6 is 22.9 Å². The number of amides is 1. The maximum atomic E-state index is 12.0. The molecule has 3 nitrogen and oxygen atoms in total. The number of alkyl halides is 1. The van der Waals surface area contributed by atoms with Crippen LogP contribution in [0.2, 0.25) is 0 Å². The normalized spacial score (nSPS) is 10.6. The smallest absolute Gasteiger partial charge is 0.222 e. The zero-order valence-electron chi connectivity index (χ0n) is 10.7. The van der Waals surface area contributed by atoms with Gasteiger partial charge in [-0.2, -0.15) is 0 Å². The summed E-state index contributed by atoms with van der Waals surface area (Å²) in [5.41, 5.74) is 0. The second-order valence-electron chi connectivity index (χ2n) is 4.00. The summed E-state index contributed by atoms with van der Waals surface area (Å²) < 4.78 is 5.00. The molecule has 0 aliphatic heterocycles. The lowest BCUT2D eigenvalue weighted by Gasteiger charge is -2.21. The molecule has 0 atom stereocenters. The Hall–Kier alpha value is -0.580. The van der Waals surface area contributed by atoms with Crippen LogP contribution in [0.4, 0.5) is 0 Å². The van der Waals surface area contributed by atoms with Gasteiger partial charge in [-0.1, -0.05) is 6.07 Å². The van der Waals surface area contributed by atoms with Gasteiger partial charge in [-0.05, 0) is 24.3 Å². The molecule has 0 aliphatic carbocycles. The second kappa shape index (κ2) is 9.36. The maximum Gasteiger partial charge on any atom is 0.222 e. The molecule has 0 unspecified atom stereocenters. The van der Waals surface area contributed by atoms with Crippen molar-refractivity contribution < 1.29 is 9.53 Å². The van der Waals surface area contributed by atoms with Gasteiger partial charge < -0.3 is 9.64 Å². The number of aryl methyl sites for hydroxylation is 1. The topological polar surface area (TPSA) is 29.5 Å². The van der Waals surface area contributed by atoms with Crippen LogP contribution in [-0.2, 0) is 16.0 Å². The predicted molar refractivity (Wildman–Crippen MR) is 76.4 cm³/mol. The average Bonchev–Trinajstić information content (AvgIpc) is 2.87. The number of halogens is 1. The van der Waals surface area contributed by atoms with Crippen LogP contribution in [0.15, 0.2) is 17.5 Å². The maximum absolute atomic E-state index is 12.0. The van der Waals surface area contributed by atoms with Crippen molar-refractivity contribution in [2.75, 3.05) is 32.7 Å². The summed E-state index contributed by atoms with van der Waals surface area (Å²) in [7, 11) is 1.64. The molecule has 1 heterocycles. The molecule has 0 saturated heterocycles. The highest BCUT2D eigenvalue weighted by Crippen LogP contribution is 2.12. The van der Waals surface area contributed by atoms with E-state index in [1.165, 1.54) is 4.88 Å². The highest BCUT2D eigenvalue weighted by Gasteiger charge is 2.12. The molecule has 18 heavy (non-hydrogen) atoms. The van der Waals surface area contributed by atoms with Gasteiger partial charge in [0.1, 0.15) is 0 Å². The van der Waals surface area contributed by atoms with Crippen LogP contribution in [-0.4, -0.2) is 43.5 Å². The minimum Gasteiger partial charge on any atom is -0.383 e. The van der Waals surface area contributed by atoms with E-state index in [4.69, 9.17) is 16.3 Å². The van der Waals surface area contributed by atoms with Crippen molar-refractivity contribution in [3.05, 3.63) is 22.4 Å². The fourth-order valence-electron chi connectivity index (χ4n) is 1.69. The minimum atomic E-state index is 0.171. The van der Waals surface area contributed by atoms with E-state index in [1.54, 1.807) is 23.3 Å². The Labute approximate surface area is 118 Å². The van der Waals surface area contributed by atoms with Gasteiger partial charge in [-0.25, -0.2) is 0 Å². The average molecular weight is 290 g/mol. The first-order valence-corrected chi connectivity index (χ1v) is 7.54. The van der Waals surface area contributed by atoms with E-state index in [0.29, 0.717) is 32.0 Å². The molecular weight excluding hydrogens is 270 g/mol. The van der Waals surface area contributed by atoms with Gasteiger partial charge in [0, 0.05) is 37.4 Å². The first-order chi connectivity index (χ1) is 8.77. The van der Waals surface area contributed by atoms with Gasteiger partial charge in [-0.3, -0.25) is 4.79 Å². The summed E-state index contributed by atoms with van der Waals surface area (Å²) >= 11 is 7.44. The number of rotatable bonds is 9. The van der Waals surface area contributed by atoms with Gasteiger partial charge >= 0.3 is 0 Å². The first-order valence-electron chi connectivity index (χ1n) is 6.13. The molecule has 1 aromatic rings. The van der Waals surface area contributed by atoms with Gasteiger partial charge in [-0.15, -0.1) is 22.9 Å². The summed E-state index contributed by atoms with van der Waals surface area (Å²) in [6.45, 7) is 1.79.